The molecule has 138 valence electrons. The quantitative estimate of drug-likeness (QED) is 0.830. The van der Waals surface area contributed by atoms with Gasteiger partial charge in [0.05, 0.1) is 17.1 Å². The van der Waals surface area contributed by atoms with Crippen molar-refractivity contribution < 1.29 is 9.53 Å². The lowest BCUT2D eigenvalue weighted by Gasteiger charge is -2.47. The Balaban J connectivity index is 1.75. The maximum Gasteiger partial charge on any atom is 0.329 e. The van der Waals surface area contributed by atoms with Gasteiger partial charge in [-0.3, -0.25) is 19.1 Å². The van der Waals surface area contributed by atoms with Crippen molar-refractivity contribution in [2.75, 3.05) is 6.61 Å². The lowest BCUT2D eigenvalue weighted by atomic mass is 9.65. The number of rotatable bonds is 3. The van der Waals surface area contributed by atoms with Gasteiger partial charge in [0.2, 0.25) is 0 Å². The molecule has 0 bridgehead atoms. The highest BCUT2D eigenvalue weighted by atomic mass is 16.5. The van der Waals surface area contributed by atoms with E-state index in [9.17, 15) is 14.4 Å². The minimum absolute atomic E-state index is 0.0511. The van der Waals surface area contributed by atoms with Crippen molar-refractivity contribution in [1.29, 1.82) is 0 Å². The number of amides is 1. The van der Waals surface area contributed by atoms with E-state index in [1.165, 1.54) is 11.6 Å². The molecular weight excluding hydrogens is 336 g/mol. The number of hydrogen-bond donors (Lipinski definition) is 2. The zero-order valence-corrected chi connectivity index (χ0v) is 15.0. The largest absolute Gasteiger partial charge is 0.377 e. The molecule has 3 heterocycles. The first-order valence-electron chi connectivity index (χ1n) is 8.95. The number of fused-ring (bicyclic) bond motifs is 2. The van der Waals surface area contributed by atoms with Crippen molar-refractivity contribution in [3.05, 3.63) is 38.2 Å². The Hall–Kier alpha value is -2.48. The highest BCUT2D eigenvalue weighted by Gasteiger charge is 2.53. The number of nitrogens with zero attached hydrogens (tertiary/aromatic N) is 2. The van der Waals surface area contributed by atoms with Crippen LogP contribution in [0.4, 0.5) is 0 Å². The fraction of sp³-hybridized carbons (Fsp3) is 0.556. The second-order valence-corrected chi connectivity index (χ2v) is 7.19. The van der Waals surface area contributed by atoms with Crippen LogP contribution in [0.15, 0.2) is 15.7 Å². The van der Waals surface area contributed by atoms with Gasteiger partial charge >= 0.3 is 5.69 Å². The summed E-state index contributed by atoms with van der Waals surface area (Å²) in [6, 6.07) is 1.65. The average molecular weight is 358 g/mol. The van der Waals surface area contributed by atoms with Crippen molar-refractivity contribution in [2.24, 2.45) is 18.9 Å². The van der Waals surface area contributed by atoms with Crippen LogP contribution in [-0.2, 0) is 11.8 Å². The zero-order chi connectivity index (χ0) is 18.6. The fourth-order valence-electron chi connectivity index (χ4n) is 4.40. The summed E-state index contributed by atoms with van der Waals surface area (Å²) in [6.07, 6.45) is 2.10. The van der Waals surface area contributed by atoms with Gasteiger partial charge in [-0.15, -0.1) is 0 Å². The Morgan fingerprint density at radius 2 is 2.23 bits per heavy atom. The van der Waals surface area contributed by atoms with Crippen molar-refractivity contribution in [1.82, 2.24) is 19.9 Å². The van der Waals surface area contributed by atoms with Crippen molar-refractivity contribution in [3.8, 4) is 0 Å². The Morgan fingerprint density at radius 1 is 1.46 bits per heavy atom. The SMILES string of the molecule is CC[C@@H]1[C@@H](NC(=O)c2cc(C)nc3c2c(=O)[nH]c(=O)n3C)[C@@H]2CCO[C@H]12. The third-order valence-corrected chi connectivity index (χ3v) is 5.74. The molecule has 26 heavy (non-hydrogen) atoms. The maximum absolute atomic E-state index is 13.0. The predicted octanol–water partition coefficient (Wildman–Crippen LogP) is 0.474. The molecule has 1 amide bonds. The lowest BCUT2D eigenvalue weighted by Crippen LogP contribution is -2.61. The van der Waals surface area contributed by atoms with Gasteiger partial charge in [0.1, 0.15) is 5.65 Å². The molecule has 4 atom stereocenters. The molecule has 1 saturated heterocycles. The topological polar surface area (TPSA) is 106 Å². The first-order chi connectivity index (χ1) is 12.4. The molecule has 2 fully saturated rings. The Morgan fingerprint density at radius 3 is 2.96 bits per heavy atom. The summed E-state index contributed by atoms with van der Waals surface area (Å²) >= 11 is 0. The molecule has 1 aliphatic heterocycles. The Labute approximate surface area is 149 Å². The maximum atomic E-state index is 13.0. The van der Waals surface area contributed by atoms with E-state index >= 15 is 0 Å². The van der Waals surface area contributed by atoms with Gasteiger partial charge < -0.3 is 10.1 Å². The third-order valence-electron chi connectivity index (χ3n) is 5.74. The van der Waals surface area contributed by atoms with Gasteiger partial charge in [-0.1, -0.05) is 6.92 Å². The number of carbonyl (C=O) groups excluding carboxylic acids is 1. The van der Waals surface area contributed by atoms with Gasteiger partial charge in [-0.2, -0.15) is 0 Å². The average Bonchev–Trinajstić information content (AvgIpc) is 3.01. The van der Waals surface area contributed by atoms with Crippen LogP contribution >= 0.6 is 0 Å². The van der Waals surface area contributed by atoms with E-state index in [2.05, 4.69) is 22.2 Å². The van der Waals surface area contributed by atoms with Gasteiger partial charge in [0.25, 0.3) is 11.5 Å². The van der Waals surface area contributed by atoms with Gasteiger partial charge in [-0.25, -0.2) is 9.78 Å². The molecule has 1 aliphatic carbocycles. The number of aromatic nitrogens is 3. The normalized spacial score (nSPS) is 27.2. The number of nitrogens with one attached hydrogen (secondary N) is 2. The molecule has 0 spiro atoms. The number of aromatic amines is 1. The Bertz CT molecular complexity index is 1010. The highest BCUT2D eigenvalue weighted by molar-refractivity contribution is 6.05. The monoisotopic (exact) mass is 358 g/mol. The number of aryl methyl sites for hydroxylation is 2. The standard InChI is InChI=1S/C18H22N4O4/c1-4-9-13(10-5-6-26-14(9)10)20-16(23)11-7-8(2)19-15-12(11)17(24)21-18(25)22(15)3/h7,9-10,13-14H,4-6H2,1-3H3,(H,20,23)(H,21,24,25)/t9-,10+,13-,14-/m1/s1. The first-order valence-corrected chi connectivity index (χ1v) is 8.95. The van der Waals surface area contributed by atoms with E-state index in [0.29, 0.717) is 17.5 Å². The van der Waals surface area contributed by atoms with E-state index in [-0.39, 0.29) is 34.6 Å². The van der Waals surface area contributed by atoms with Crippen LogP contribution in [0.3, 0.4) is 0 Å². The van der Waals surface area contributed by atoms with Crippen LogP contribution in [0, 0.1) is 18.8 Å². The molecule has 1 saturated carbocycles. The number of carbonyl (C=O) groups is 1. The summed E-state index contributed by atoms with van der Waals surface area (Å²) in [4.78, 5) is 43.7. The molecule has 0 aromatic carbocycles. The molecule has 4 rings (SSSR count). The lowest BCUT2D eigenvalue weighted by molar-refractivity contribution is -0.0545. The second-order valence-electron chi connectivity index (χ2n) is 7.19. The first kappa shape index (κ1) is 17.0. The summed E-state index contributed by atoms with van der Waals surface area (Å²) in [5.74, 6) is 0.322. The summed E-state index contributed by atoms with van der Waals surface area (Å²) in [6.45, 7) is 4.56. The number of ether oxygens (including phenoxy) is 1. The summed E-state index contributed by atoms with van der Waals surface area (Å²) in [5, 5.41) is 3.24. The van der Waals surface area contributed by atoms with E-state index in [4.69, 9.17) is 4.74 Å². The van der Waals surface area contributed by atoms with Crippen molar-refractivity contribution >= 4 is 16.9 Å². The van der Waals surface area contributed by atoms with Gasteiger partial charge in [0.15, 0.2) is 0 Å². The molecule has 2 N–H and O–H groups in total. The predicted molar refractivity (Wildman–Crippen MR) is 95.2 cm³/mol. The smallest absolute Gasteiger partial charge is 0.329 e. The highest BCUT2D eigenvalue weighted by Crippen LogP contribution is 2.45. The van der Waals surface area contributed by atoms with Crippen molar-refractivity contribution in [2.45, 2.75) is 38.8 Å². The van der Waals surface area contributed by atoms with E-state index in [0.717, 1.165) is 19.4 Å². The van der Waals surface area contributed by atoms with E-state index < -0.39 is 11.2 Å². The van der Waals surface area contributed by atoms with Gasteiger partial charge in [0, 0.05) is 37.2 Å². The zero-order valence-electron chi connectivity index (χ0n) is 15.0. The van der Waals surface area contributed by atoms with Crippen LogP contribution < -0.4 is 16.6 Å². The molecule has 0 unspecified atom stereocenters. The number of pyridine rings is 1. The minimum atomic E-state index is -0.594. The molecule has 2 aliphatic rings. The van der Waals surface area contributed by atoms with E-state index in [1.807, 2.05) is 0 Å². The molecule has 0 radical (unpaired) electrons. The number of H-pyrrole nitrogens is 1. The molecule has 8 nitrogen and oxygen atoms in total. The van der Waals surface area contributed by atoms with Crippen molar-refractivity contribution in [3.63, 3.8) is 0 Å². The minimum Gasteiger partial charge on any atom is -0.377 e. The van der Waals surface area contributed by atoms with Crippen LogP contribution in [0.2, 0.25) is 0 Å². The van der Waals surface area contributed by atoms with Crippen LogP contribution in [0.5, 0.6) is 0 Å². The summed E-state index contributed by atoms with van der Waals surface area (Å²) in [7, 11) is 1.52. The molecule has 2 aromatic rings. The molecule has 8 heteroatoms. The third kappa shape index (κ3) is 2.39. The Kier molecular flexibility index (Phi) is 3.95. The fourth-order valence-corrected chi connectivity index (χ4v) is 4.40. The van der Waals surface area contributed by atoms with Gasteiger partial charge in [-0.05, 0) is 25.8 Å². The van der Waals surface area contributed by atoms with Crippen LogP contribution in [0.1, 0.15) is 35.8 Å². The summed E-state index contributed by atoms with van der Waals surface area (Å²) < 4.78 is 7.01. The van der Waals surface area contributed by atoms with Crippen LogP contribution in [-0.4, -0.2) is 39.2 Å². The van der Waals surface area contributed by atoms with E-state index in [1.54, 1.807) is 13.0 Å². The second kappa shape index (κ2) is 6.05. The number of hydrogen-bond acceptors (Lipinski definition) is 5. The molecule has 2 aromatic heterocycles. The molecular formula is C18H22N4O4. The summed E-state index contributed by atoms with van der Waals surface area (Å²) in [5.41, 5.74) is -0.106. The van der Waals surface area contributed by atoms with Crippen LogP contribution in [0.25, 0.3) is 11.0 Å².